The lowest BCUT2D eigenvalue weighted by molar-refractivity contribution is 0.0935. The van der Waals surface area contributed by atoms with Crippen LogP contribution in [0.1, 0.15) is 29.0 Å². The first-order valence-corrected chi connectivity index (χ1v) is 6.26. The number of nitrogens with one attached hydrogen (secondary N) is 2. The molecule has 1 aromatic heterocycles. The number of H-pyrrole nitrogens is 1. The Labute approximate surface area is 113 Å². The van der Waals surface area contributed by atoms with E-state index in [9.17, 15) is 9.18 Å². The van der Waals surface area contributed by atoms with Crippen LogP contribution in [0.25, 0.3) is 0 Å². The molecule has 0 saturated carbocycles. The zero-order valence-electron chi connectivity index (χ0n) is 9.71. The quantitative estimate of drug-likeness (QED) is 0.896. The van der Waals surface area contributed by atoms with Gasteiger partial charge < -0.3 is 10.3 Å². The molecule has 0 aliphatic carbocycles. The molecule has 0 radical (unpaired) electrons. The Morgan fingerprint density at radius 1 is 1.44 bits per heavy atom. The molecule has 94 valence electrons. The van der Waals surface area contributed by atoms with E-state index in [1.165, 1.54) is 12.1 Å². The molecule has 18 heavy (non-hydrogen) atoms. The van der Waals surface area contributed by atoms with Crippen LogP contribution in [0.3, 0.4) is 0 Å². The highest BCUT2D eigenvalue weighted by Gasteiger charge is 2.13. The maximum Gasteiger partial charge on any atom is 0.268 e. The van der Waals surface area contributed by atoms with Gasteiger partial charge in [0.2, 0.25) is 0 Å². The van der Waals surface area contributed by atoms with Crippen LogP contribution >= 0.6 is 15.9 Å². The van der Waals surface area contributed by atoms with E-state index < -0.39 is 0 Å². The molecule has 2 rings (SSSR count). The smallest absolute Gasteiger partial charge is 0.268 e. The number of hydrogen-bond donors (Lipinski definition) is 2. The lowest BCUT2D eigenvalue weighted by atomic mass is 10.1. The van der Waals surface area contributed by atoms with Gasteiger partial charge in [-0.05, 0) is 46.6 Å². The van der Waals surface area contributed by atoms with Gasteiger partial charge in [0.1, 0.15) is 11.5 Å². The third-order valence-corrected chi connectivity index (χ3v) is 3.05. The third-order valence-electron chi connectivity index (χ3n) is 2.59. The second kappa shape index (κ2) is 5.35. The fraction of sp³-hybridized carbons (Fsp3) is 0.154. The number of amides is 1. The van der Waals surface area contributed by atoms with Crippen molar-refractivity contribution in [2.45, 2.75) is 13.0 Å². The number of hydrogen-bond acceptors (Lipinski definition) is 1. The van der Waals surface area contributed by atoms with Crippen LogP contribution in [0.2, 0.25) is 0 Å². The standard InChI is InChI=1S/C13H12BrFN2O/c1-8(9-3-2-4-11(15)5-9)17-13(18)12-6-10(14)7-16-12/h2-8,16H,1H3,(H,17,18). The van der Waals surface area contributed by atoms with Gasteiger partial charge >= 0.3 is 0 Å². The number of benzene rings is 1. The molecule has 0 aliphatic heterocycles. The molecule has 0 aliphatic rings. The fourth-order valence-corrected chi connectivity index (χ4v) is 1.98. The summed E-state index contributed by atoms with van der Waals surface area (Å²) in [5, 5.41) is 2.80. The molecule has 2 N–H and O–H groups in total. The summed E-state index contributed by atoms with van der Waals surface area (Å²) in [4.78, 5) is 14.7. The fourth-order valence-electron chi connectivity index (χ4n) is 1.63. The lowest BCUT2D eigenvalue weighted by Gasteiger charge is -2.13. The molecule has 0 saturated heterocycles. The van der Waals surface area contributed by atoms with Gasteiger partial charge in [-0.3, -0.25) is 4.79 Å². The van der Waals surface area contributed by atoms with Gasteiger partial charge in [0, 0.05) is 10.7 Å². The van der Waals surface area contributed by atoms with Crippen LogP contribution in [0.4, 0.5) is 4.39 Å². The molecular weight excluding hydrogens is 299 g/mol. The lowest BCUT2D eigenvalue weighted by Crippen LogP contribution is -2.26. The van der Waals surface area contributed by atoms with Crippen molar-refractivity contribution >= 4 is 21.8 Å². The second-order valence-electron chi connectivity index (χ2n) is 3.98. The van der Waals surface area contributed by atoms with Crippen molar-refractivity contribution in [2.75, 3.05) is 0 Å². The van der Waals surface area contributed by atoms with Crippen LogP contribution in [0.5, 0.6) is 0 Å². The number of rotatable bonds is 3. The van der Waals surface area contributed by atoms with E-state index in [-0.39, 0.29) is 17.8 Å². The Balaban J connectivity index is 2.07. The zero-order valence-corrected chi connectivity index (χ0v) is 11.3. The van der Waals surface area contributed by atoms with Crippen molar-refractivity contribution in [1.29, 1.82) is 0 Å². The maximum atomic E-state index is 13.1. The minimum absolute atomic E-state index is 0.225. The number of aromatic amines is 1. The second-order valence-corrected chi connectivity index (χ2v) is 4.90. The van der Waals surface area contributed by atoms with Crippen molar-refractivity contribution in [1.82, 2.24) is 10.3 Å². The van der Waals surface area contributed by atoms with Crippen LogP contribution in [-0.4, -0.2) is 10.9 Å². The summed E-state index contributed by atoms with van der Waals surface area (Å²) in [7, 11) is 0. The molecule has 1 aromatic carbocycles. The summed E-state index contributed by atoms with van der Waals surface area (Å²) in [5.41, 5.74) is 1.19. The van der Waals surface area contributed by atoms with Gasteiger partial charge in [0.05, 0.1) is 6.04 Å². The molecule has 2 aromatic rings. The first-order valence-electron chi connectivity index (χ1n) is 5.46. The van der Waals surface area contributed by atoms with E-state index in [2.05, 4.69) is 26.2 Å². The maximum absolute atomic E-state index is 13.1. The van der Waals surface area contributed by atoms with E-state index in [4.69, 9.17) is 0 Å². The molecule has 0 spiro atoms. The van der Waals surface area contributed by atoms with E-state index in [0.717, 1.165) is 10.0 Å². The number of aromatic nitrogens is 1. The molecule has 5 heteroatoms. The average Bonchev–Trinajstić information content (AvgIpc) is 2.76. The van der Waals surface area contributed by atoms with Crippen LogP contribution in [-0.2, 0) is 0 Å². The first-order chi connectivity index (χ1) is 8.56. The Kier molecular flexibility index (Phi) is 3.81. The summed E-state index contributed by atoms with van der Waals surface area (Å²) in [6, 6.07) is 7.62. The molecule has 3 nitrogen and oxygen atoms in total. The van der Waals surface area contributed by atoms with Crippen LogP contribution in [0, 0.1) is 5.82 Å². The third kappa shape index (κ3) is 2.98. The van der Waals surface area contributed by atoms with E-state index in [1.807, 2.05) is 6.92 Å². The van der Waals surface area contributed by atoms with Gasteiger partial charge in [0.15, 0.2) is 0 Å². The minimum Gasteiger partial charge on any atom is -0.356 e. The molecular formula is C13H12BrFN2O. The largest absolute Gasteiger partial charge is 0.356 e. The van der Waals surface area contributed by atoms with E-state index >= 15 is 0 Å². The summed E-state index contributed by atoms with van der Waals surface area (Å²) in [6.45, 7) is 1.81. The summed E-state index contributed by atoms with van der Waals surface area (Å²) < 4.78 is 13.9. The van der Waals surface area contributed by atoms with E-state index in [1.54, 1.807) is 24.4 Å². The summed E-state index contributed by atoms with van der Waals surface area (Å²) in [6.07, 6.45) is 1.68. The molecule has 1 unspecified atom stereocenters. The molecule has 0 fully saturated rings. The van der Waals surface area contributed by atoms with Gasteiger partial charge in [0.25, 0.3) is 5.91 Å². The van der Waals surface area contributed by atoms with Crippen molar-refractivity contribution < 1.29 is 9.18 Å². The van der Waals surface area contributed by atoms with Crippen LogP contribution in [0.15, 0.2) is 41.0 Å². The Hall–Kier alpha value is -1.62. The molecule has 1 atom stereocenters. The molecule has 0 bridgehead atoms. The number of halogens is 2. The Morgan fingerprint density at radius 2 is 2.22 bits per heavy atom. The first kappa shape index (κ1) is 12.8. The predicted octanol–water partition coefficient (Wildman–Crippen LogP) is 3.41. The van der Waals surface area contributed by atoms with Crippen LogP contribution < -0.4 is 5.32 Å². The van der Waals surface area contributed by atoms with Crippen molar-refractivity contribution in [3.8, 4) is 0 Å². The normalized spacial score (nSPS) is 12.2. The Bertz CT molecular complexity index is 568. The minimum atomic E-state index is -0.309. The average molecular weight is 311 g/mol. The van der Waals surface area contributed by atoms with Gasteiger partial charge in [-0.25, -0.2) is 4.39 Å². The topological polar surface area (TPSA) is 44.9 Å². The molecule has 1 amide bonds. The number of carbonyl (C=O) groups is 1. The molecule has 1 heterocycles. The Morgan fingerprint density at radius 3 is 2.83 bits per heavy atom. The SMILES string of the molecule is CC(NC(=O)c1cc(Br)c[nH]1)c1cccc(F)c1. The van der Waals surface area contributed by atoms with Gasteiger partial charge in [-0.2, -0.15) is 0 Å². The highest BCUT2D eigenvalue weighted by Crippen LogP contribution is 2.15. The summed E-state index contributed by atoms with van der Waals surface area (Å²) >= 11 is 3.26. The van der Waals surface area contributed by atoms with Gasteiger partial charge in [-0.1, -0.05) is 12.1 Å². The van der Waals surface area contributed by atoms with Crippen molar-refractivity contribution in [2.24, 2.45) is 0 Å². The number of carbonyl (C=O) groups excluding carboxylic acids is 1. The highest BCUT2D eigenvalue weighted by molar-refractivity contribution is 9.10. The highest BCUT2D eigenvalue weighted by atomic mass is 79.9. The monoisotopic (exact) mass is 310 g/mol. The van der Waals surface area contributed by atoms with E-state index in [0.29, 0.717) is 5.69 Å². The zero-order chi connectivity index (χ0) is 13.1. The predicted molar refractivity (Wildman–Crippen MR) is 70.8 cm³/mol. The van der Waals surface area contributed by atoms with Crippen molar-refractivity contribution in [3.05, 3.63) is 58.1 Å². The van der Waals surface area contributed by atoms with Crippen molar-refractivity contribution in [3.63, 3.8) is 0 Å². The van der Waals surface area contributed by atoms with Gasteiger partial charge in [-0.15, -0.1) is 0 Å². The summed E-state index contributed by atoms with van der Waals surface area (Å²) in [5.74, 6) is -0.534.